The molecule has 12 heteroatoms. The summed E-state index contributed by atoms with van der Waals surface area (Å²) in [5.41, 5.74) is 2.61. The Balaban J connectivity index is 1.59. The molecule has 0 aliphatic rings. The van der Waals surface area contributed by atoms with E-state index in [1.165, 1.54) is 24.4 Å². The molecule has 0 aliphatic carbocycles. The average molecular weight is 557 g/mol. The maximum atomic E-state index is 14.0. The molecular formula is C28H21FN6O4S. The zero-order chi connectivity index (χ0) is 28.2. The van der Waals surface area contributed by atoms with Gasteiger partial charge in [0.15, 0.2) is 5.65 Å². The third-order valence-electron chi connectivity index (χ3n) is 6.64. The van der Waals surface area contributed by atoms with Gasteiger partial charge in [-0.3, -0.25) is 10.1 Å². The lowest BCUT2D eigenvalue weighted by molar-refractivity contribution is -0.387. The number of nitro groups is 1. The summed E-state index contributed by atoms with van der Waals surface area (Å²) < 4.78 is 44.3. The van der Waals surface area contributed by atoms with Crippen LogP contribution in [-0.2, 0) is 17.1 Å². The van der Waals surface area contributed by atoms with Crippen molar-refractivity contribution in [1.29, 1.82) is 0 Å². The van der Waals surface area contributed by atoms with Crippen molar-refractivity contribution in [2.45, 2.75) is 11.8 Å². The molecule has 3 aromatic carbocycles. The van der Waals surface area contributed by atoms with Crippen LogP contribution in [0.2, 0.25) is 0 Å². The highest BCUT2D eigenvalue weighted by molar-refractivity contribution is 7.90. The number of nitrogens with zero attached hydrogens (tertiary/aromatic N) is 5. The molecule has 3 aromatic heterocycles. The molecule has 0 bridgehead atoms. The molecule has 0 unspecified atom stereocenters. The van der Waals surface area contributed by atoms with Crippen molar-refractivity contribution in [3.8, 4) is 11.3 Å². The van der Waals surface area contributed by atoms with Crippen LogP contribution in [0.3, 0.4) is 0 Å². The fourth-order valence-electron chi connectivity index (χ4n) is 4.66. The van der Waals surface area contributed by atoms with Crippen molar-refractivity contribution in [3.63, 3.8) is 0 Å². The summed E-state index contributed by atoms with van der Waals surface area (Å²) in [4.78, 5) is 19.7. The van der Waals surface area contributed by atoms with E-state index in [4.69, 9.17) is 4.98 Å². The average Bonchev–Trinajstić information content (AvgIpc) is 3.51. The van der Waals surface area contributed by atoms with Gasteiger partial charge < -0.3 is 9.88 Å². The summed E-state index contributed by atoms with van der Waals surface area (Å²) in [7, 11) is -2.14. The molecule has 0 saturated carbocycles. The van der Waals surface area contributed by atoms with E-state index in [0.717, 1.165) is 38.1 Å². The summed E-state index contributed by atoms with van der Waals surface area (Å²) in [6.45, 7) is 1.86. The monoisotopic (exact) mass is 556 g/mol. The van der Waals surface area contributed by atoms with Crippen molar-refractivity contribution >= 4 is 49.3 Å². The normalized spacial score (nSPS) is 11.8. The molecule has 0 amide bonds. The van der Waals surface area contributed by atoms with E-state index >= 15 is 0 Å². The highest BCUT2D eigenvalue weighted by atomic mass is 32.2. The quantitative estimate of drug-likeness (QED) is 0.199. The Labute approximate surface area is 227 Å². The molecular weight excluding hydrogens is 535 g/mol. The first-order chi connectivity index (χ1) is 19.1. The fraction of sp³-hybridized carbons (Fsp3) is 0.0714. The second kappa shape index (κ2) is 9.27. The molecule has 0 fully saturated rings. The Kier molecular flexibility index (Phi) is 5.84. The van der Waals surface area contributed by atoms with Crippen molar-refractivity contribution in [1.82, 2.24) is 18.5 Å². The number of halogens is 1. The minimum atomic E-state index is -4.03. The van der Waals surface area contributed by atoms with E-state index in [1.807, 2.05) is 49.0 Å². The number of rotatable bonds is 6. The summed E-state index contributed by atoms with van der Waals surface area (Å²) in [6.07, 6.45) is 3.32. The third-order valence-corrected chi connectivity index (χ3v) is 8.32. The van der Waals surface area contributed by atoms with E-state index in [1.54, 1.807) is 18.2 Å². The Bertz CT molecular complexity index is 2070. The van der Waals surface area contributed by atoms with Crippen molar-refractivity contribution in [2.24, 2.45) is 7.05 Å². The number of anilines is 2. The molecule has 6 aromatic rings. The number of nitrogens with one attached hydrogen (secondary N) is 1. The zero-order valence-electron chi connectivity index (χ0n) is 21.2. The van der Waals surface area contributed by atoms with Crippen LogP contribution in [-0.4, -0.2) is 31.8 Å². The zero-order valence-corrected chi connectivity index (χ0v) is 22.1. The van der Waals surface area contributed by atoms with Crippen molar-refractivity contribution in [2.75, 3.05) is 5.32 Å². The molecule has 0 spiro atoms. The first-order valence-corrected chi connectivity index (χ1v) is 13.5. The van der Waals surface area contributed by atoms with Crippen LogP contribution < -0.4 is 5.32 Å². The minimum Gasteiger partial charge on any atom is -0.350 e. The topological polar surface area (TPSA) is 125 Å². The summed E-state index contributed by atoms with van der Waals surface area (Å²) in [5, 5.41) is 15.5. The fourth-order valence-corrected chi connectivity index (χ4v) is 5.96. The Hall–Kier alpha value is -5.10. The Morgan fingerprint density at radius 1 is 0.975 bits per heavy atom. The third kappa shape index (κ3) is 4.14. The number of para-hydroxylation sites is 1. The molecule has 3 heterocycles. The predicted octanol–water partition coefficient (Wildman–Crippen LogP) is 5.93. The van der Waals surface area contributed by atoms with Gasteiger partial charge in [-0.05, 0) is 43.3 Å². The van der Waals surface area contributed by atoms with Gasteiger partial charge in [-0.25, -0.2) is 17.4 Å². The number of nitro benzene ring substituents is 1. The van der Waals surface area contributed by atoms with E-state index in [2.05, 4.69) is 10.3 Å². The van der Waals surface area contributed by atoms with Crippen LogP contribution >= 0.6 is 0 Å². The number of aromatic nitrogens is 4. The van der Waals surface area contributed by atoms with Crippen LogP contribution in [0.4, 0.5) is 21.7 Å². The summed E-state index contributed by atoms with van der Waals surface area (Å²) in [5.74, 6) is -1.00. The maximum absolute atomic E-state index is 14.0. The number of hydrogen-bond acceptors (Lipinski definition) is 7. The van der Waals surface area contributed by atoms with Gasteiger partial charge >= 0.3 is 5.69 Å². The summed E-state index contributed by atoms with van der Waals surface area (Å²) >= 11 is 0. The lowest BCUT2D eigenvalue weighted by atomic mass is 10.1. The van der Waals surface area contributed by atoms with Gasteiger partial charge in [0.05, 0.1) is 15.5 Å². The molecule has 1 N–H and O–H groups in total. The van der Waals surface area contributed by atoms with Gasteiger partial charge in [0, 0.05) is 53.0 Å². The standard InChI is InChI=1S/C28H21FN6O4S/c1-17-7-10-19(11-8-17)40(38,39)34-14-13-21-26(22-16-33(2)24-6-4-3-5-20(22)24)31-28(32-27(21)34)30-18-9-12-23(29)25(15-18)35(36)37/h3-16H,1-2H3,(H,30,31,32). The number of benzene rings is 3. The minimum absolute atomic E-state index is 0.0182. The van der Waals surface area contributed by atoms with E-state index in [0.29, 0.717) is 11.1 Å². The van der Waals surface area contributed by atoms with E-state index in [9.17, 15) is 22.9 Å². The smallest absolute Gasteiger partial charge is 0.306 e. The van der Waals surface area contributed by atoms with Gasteiger partial charge in [-0.2, -0.15) is 9.37 Å². The second-order valence-electron chi connectivity index (χ2n) is 9.28. The number of fused-ring (bicyclic) bond motifs is 2. The highest BCUT2D eigenvalue weighted by Crippen LogP contribution is 2.36. The molecule has 40 heavy (non-hydrogen) atoms. The van der Waals surface area contributed by atoms with Gasteiger partial charge in [-0.1, -0.05) is 35.9 Å². The highest BCUT2D eigenvalue weighted by Gasteiger charge is 2.24. The van der Waals surface area contributed by atoms with Gasteiger partial charge in [-0.15, -0.1) is 0 Å². The summed E-state index contributed by atoms with van der Waals surface area (Å²) in [6, 6.07) is 19.1. The SMILES string of the molecule is Cc1ccc(S(=O)(=O)n2ccc3c(-c4cn(C)c5ccccc45)nc(Nc4ccc(F)c([N+](=O)[O-])c4)nc32)cc1. The molecule has 10 nitrogen and oxygen atoms in total. The van der Waals surface area contributed by atoms with Gasteiger partial charge in [0.25, 0.3) is 10.0 Å². The van der Waals surface area contributed by atoms with Crippen LogP contribution in [0, 0.1) is 22.9 Å². The van der Waals surface area contributed by atoms with Crippen LogP contribution in [0.5, 0.6) is 0 Å². The maximum Gasteiger partial charge on any atom is 0.306 e. The van der Waals surface area contributed by atoms with Gasteiger partial charge in [0.1, 0.15) is 0 Å². The largest absolute Gasteiger partial charge is 0.350 e. The Morgan fingerprint density at radius 2 is 1.73 bits per heavy atom. The number of hydrogen-bond donors (Lipinski definition) is 1. The molecule has 6 rings (SSSR count). The number of aryl methyl sites for hydroxylation is 2. The lowest BCUT2D eigenvalue weighted by Crippen LogP contribution is -2.13. The molecule has 0 radical (unpaired) electrons. The van der Waals surface area contributed by atoms with Crippen molar-refractivity contribution in [3.05, 3.63) is 107 Å². The van der Waals surface area contributed by atoms with Crippen LogP contribution in [0.1, 0.15) is 5.56 Å². The second-order valence-corrected chi connectivity index (χ2v) is 11.1. The van der Waals surface area contributed by atoms with Crippen LogP contribution in [0.25, 0.3) is 33.2 Å². The molecule has 0 saturated heterocycles. The van der Waals surface area contributed by atoms with E-state index in [-0.39, 0.29) is 22.2 Å². The molecule has 0 atom stereocenters. The molecule has 200 valence electrons. The van der Waals surface area contributed by atoms with Crippen molar-refractivity contribution < 1.29 is 17.7 Å². The first kappa shape index (κ1) is 25.2. The Morgan fingerprint density at radius 3 is 2.48 bits per heavy atom. The van der Waals surface area contributed by atoms with E-state index < -0.39 is 26.5 Å². The van der Waals surface area contributed by atoms with Crippen LogP contribution in [0.15, 0.2) is 90.1 Å². The molecule has 0 aliphatic heterocycles. The predicted molar refractivity (Wildman–Crippen MR) is 150 cm³/mol. The van der Waals surface area contributed by atoms with Gasteiger partial charge in [0.2, 0.25) is 11.8 Å². The first-order valence-electron chi connectivity index (χ1n) is 12.1. The lowest BCUT2D eigenvalue weighted by Gasteiger charge is -2.11.